The molecule has 0 spiro atoms. The van der Waals surface area contributed by atoms with Crippen LogP contribution in [-0.2, 0) is 6.18 Å². The Bertz CT molecular complexity index is 436. The predicted octanol–water partition coefficient (Wildman–Crippen LogP) is 7.84. The molecule has 0 heterocycles. The van der Waals surface area contributed by atoms with Crippen molar-refractivity contribution in [1.29, 1.82) is 0 Å². The van der Waals surface area contributed by atoms with Crippen molar-refractivity contribution in [2.45, 2.75) is 72.4 Å². The predicted molar refractivity (Wildman–Crippen MR) is 110 cm³/mol. The van der Waals surface area contributed by atoms with Crippen LogP contribution in [0.25, 0.3) is 0 Å². The van der Waals surface area contributed by atoms with Crippen LogP contribution in [0.2, 0.25) is 0 Å². The number of halogens is 3. The highest BCUT2D eigenvalue weighted by molar-refractivity contribution is 7.75. The van der Waals surface area contributed by atoms with Gasteiger partial charge in [0.05, 0.1) is 5.56 Å². The molecule has 0 aliphatic rings. The quantitative estimate of drug-likeness (QED) is 0.402. The van der Waals surface area contributed by atoms with Gasteiger partial charge in [0.2, 0.25) is 0 Å². The van der Waals surface area contributed by atoms with E-state index in [9.17, 15) is 13.2 Å². The molecule has 0 saturated heterocycles. The molecule has 1 N–H and O–H groups in total. The summed E-state index contributed by atoms with van der Waals surface area (Å²) in [5, 5.41) is 8.66. The molecule has 0 aromatic heterocycles. The van der Waals surface area contributed by atoms with Crippen molar-refractivity contribution in [3.05, 3.63) is 29.8 Å². The summed E-state index contributed by atoms with van der Waals surface area (Å²) in [7, 11) is -0.527. The van der Waals surface area contributed by atoms with E-state index in [0.29, 0.717) is 0 Å². The van der Waals surface area contributed by atoms with Gasteiger partial charge < -0.3 is 5.11 Å². The molecule has 0 atom stereocenters. The molecule has 0 unspecified atom stereocenters. The lowest BCUT2D eigenvalue weighted by Crippen LogP contribution is -2.11. The molecule has 0 fully saturated rings. The Balaban J connectivity index is 0.000000502. The standard InChI is InChI=1S/C14H32P.C7H5F3O/c1-5-9-12-15(8-4,13-10-6-2)14-11-7-3;8-7(9,10)5-1-3-6(11)4-2-5/h5-14H2,1-4H3;1-4,11H. The fraction of sp³-hybridized carbons (Fsp3) is 0.714. The number of alkyl halides is 3. The summed E-state index contributed by atoms with van der Waals surface area (Å²) < 4.78 is 35.5. The number of aromatic hydroxyl groups is 1. The summed E-state index contributed by atoms with van der Waals surface area (Å²) in [5.41, 5.74) is -0.754. The zero-order valence-corrected chi connectivity index (χ0v) is 17.8. The average Bonchev–Trinajstić information content (AvgIpc) is 2.62. The third kappa shape index (κ3) is 10.4. The topological polar surface area (TPSA) is 20.2 Å². The maximum atomic E-state index is 11.8. The Morgan fingerprint density at radius 3 is 1.42 bits per heavy atom. The van der Waals surface area contributed by atoms with E-state index in [1.807, 2.05) is 0 Å². The van der Waals surface area contributed by atoms with E-state index in [2.05, 4.69) is 27.7 Å². The molecule has 1 aromatic rings. The Morgan fingerprint density at radius 1 is 0.769 bits per heavy atom. The van der Waals surface area contributed by atoms with Crippen molar-refractivity contribution in [1.82, 2.24) is 0 Å². The molecule has 0 amide bonds. The van der Waals surface area contributed by atoms with E-state index in [1.165, 1.54) is 44.7 Å². The zero-order valence-electron chi connectivity index (χ0n) is 16.9. The molecule has 26 heavy (non-hydrogen) atoms. The van der Waals surface area contributed by atoms with Crippen LogP contribution in [0.5, 0.6) is 5.75 Å². The van der Waals surface area contributed by atoms with E-state index < -0.39 is 19.0 Å². The number of hydrogen-bond donors (Lipinski definition) is 1. The maximum Gasteiger partial charge on any atom is 0.416 e. The first-order chi connectivity index (χ1) is 12.2. The Labute approximate surface area is 158 Å². The van der Waals surface area contributed by atoms with Crippen molar-refractivity contribution < 1.29 is 18.3 Å². The maximum absolute atomic E-state index is 11.8. The van der Waals surface area contributed by atoms with Gasteiger partial charge in [-0.3, -0.25) is 0 Å². The van der Waals surface area contributed by atoms with Crippen LogP contribution in [0.4, 0.5) is 13.2 Å². The molecule has 1 radical (unpaired) electrons. The van der Waals surface area contributed by atoms with Gasteiger partial charge in [0.15, 0.2) is 0 Å². The van der Waals surface area contributed by atoms with Crippen molar-refractivity contribution in [2.24, 2.45) is 0 Å². The highest BCUT2D eigenvalue weighted by Gasteiger charge is 2.29. The van der Waals surface area contributed by atoms with E-state index in [4.69, 9.17) is 5.11 Å². The number of phenols is 1. The molecular formula is C21H37F3OP. The largest absolute Gasteiger partial charge is 0.508 e. The van der Waals surface area contributed by atoms with Gasteiger partial charge in [-0.15, -0.1) is 7.26 Å². The van der Waals surface area contributed by atoms with Crippen molar-refractivity contribution in [3.8, 4) is 5.75 Å². The van der Waals surface area contributed by atoms with Crippen LogP contribution >= 0.6 is 7.26 Å². The minimum absolute atomic E-state index is 0.169. The van der Waals surface area contributed by atoms with Gasteiger partial charge in [-0.25, -0.2) is 0 Å². The van der Waals surface area contributed by atoms with Crippen LogP contribution in [0.3, 0.4) is 0 Å². The first-order valence-electron chi connectivity index (χ1n) is 9.96. The SMILES string of the molecule is CCCC[P](CC)(CCCC)CCCC.Oc1ccc(C(F)(F)F)cc1. The van der Waals surface area contributed by atoms with Crippen LogP contribution in [0, 0.1) is 0 Å². The van der Waals surface area contributed by atoms with Crippen molar-refractivity contribution in [2.75, 3.05) is 24.6 Å². The van der Waals surface area contributed by atoms with Crippen LogP contribution in [0.1, 0.15) is 71.8 Å². The molecule has 1 aromatic carbocycles. The van der Waals surface area contributed by atoms with Crippen molar-refractivity contribution in [3.63, 3.8) is 0 Å². The third-order valence-corrected chi connectivity index (χ3v) is 9.96. The highest BCUT2D eigenvalue weighted by atomic mass is 31.2. The lowest BCUT2D eigenvalue weighted by Gasteiger charge is -2.36. The normalized spacial score (nSPS) is 11.8. The minimum Gasteiger partial charge on any atom is -0.508 e. The summed E-state index contributed by atoms with van der Waals surface area (Å²) in [6.07, 6.45) is 10.5. The van der Waals surface area contributed by atoms with Crippen LogP contribution in [0.15, 0.2) is 24.3 Å². The minimum atomic E-state index is -4.33. The van der Waals surface area contributed by atoms with Crippen molar-refractivity contribution >= 4 is 7.26 Å². The first-order valence-corrected chi connectivity index (χ1v) is 12.5. The van der Waals surface area contributed by atoms with Gasteiger partial charge in [-0.1, -0.05) is 47.0 Å². The molecule has 0 aliphatic heterocycles. The van der Waals surface area contributed by atoms with Gasteiger partial charge in [0, 0.05) is 0 Å². The molecule has 153 valence electrons. The zero-order chi connectivity index (χ0) is 20.1. The lowest BCUT2D eigenvalue weighted by molar-refractivity contribution is -0.137. The molecule has 1 nitrogen and oxygen atoms in total. The molecule has 5 heteroatoms. The summed E-state index contributed by atoms with van der Waals surface area (Å²) in [6, 6.07) is 3.66. The second kappa shape index (κ2) is 13.4. The second-order valence-electron chi connectivity index (χ2n) is 6.93. The summed E-state index contributed by atoms with van der Waals surface area (Å²) in [6.45, 7) is 9.46. The average molecular weight is 393 g/mol. The van der Waals surface area contributed by atoms with E-state index in [1.54, 1.807) is 18.5 Å². The Kier molecular flexibility index (Phi) is 13.0. The summed E-state index contributed by atoms with van der Waals surface area (Å²) in [5.74, 6) is -0.169. The molecule has 0 bridgehead atoms. The van der Waals surface area contributed by atoms with Gasteiger partial charge in [0.25, 0.3) is 0 Å². The summed E-state index contributed by atoms with van der Waals surface area (Å²) >= 11 is 0. The summed E-state index contributed by atoms with van der Waals surface area (Å²) in [4.78, 5) is 0. The number of unbranched alkanes of at least 4 members (excludes halogenated alkanes) is 3. The van der Waals surface area contributed by atoms with Gasteiger partial charge in [-0.05, 0) is 68.2 Å². The van der Waals surface area contributed by atoms with Crippen LogP contribution in [-0.4, -0.2) is 29.8 Å². The number of hydrogen-bond acceptors (Lipinski definition) is 1. The van der Waals surface area contributed by atoms with Crippen LogP contribution < -0.4 is 0 Å². The van der Waals surface area contributed by atoms with Gasteiger partial charge >= 0.3 is 6.18 Å². The van der Waals surface area contributed by atoms with E-state index in [0.717, 1.165) is 24.3 Å². The molecule has 0 aliphatic carbocycles. The van der Waals surface area contributed by atoms with Gasteiger partial charge in [0.1, 0.15) is 5.75 Å². The number of phenolic OH excluding ortho intramolecular Hbond substituents is 1. The highest BCUT2D eigenvalue weighted by Crippen LogP contribution is 2.60. The lowest BCUT2D eigenvalue weighted by atomic mass is 10.2. The Hall–Kier alpha value is -0.760. The number of rotatable bonds is 10. The fourth-order valence-electron chi connectivity index (χ4n) is 2.94. The monoisotopic (exact) mass is 393 g/mol. The second-order valence-corrected chi connectivity index (χ2v) is 11.6. The smallest absolute Gasteiger partial charge is 0.416 e. The Morgan fingerprint density at radius 2 is 1.15 bits per heavy atom. The van der Waals surface area contributed by atoms with E-state index in [-0.39, 0.29) is 5.75 Å². The van der Waals surface area contributed by atoms with E-state index >= 15 is 0 Å². The first kappa shape index (κ1) is 25.2. The molecular weight excluding hydrogens is 356 g/mol. The molecule has 0 saturated carbocycles. The van der Waals surface area contributed by atoms with Gasteiger partial charge in [-0.2, -0.15) is 13.2 Å². The fourth-order valence-corrected chi connectivity index (χ4v) is 7.52. The molecule has 1 rings (SSSR count). The third-order valence-electron chi connectivity index (χ3n) is 4.82. The number of benzene rings is 1.